The molecule has 3 heterocycles. The molecule has 1 amide bonds. The number of benzene rings is 1. The van der Waals surface area contributed by atoms with Crippen molar-refractivity contribution in [3.63, 3.8) is 0 Å². The van der Waals surface area contributed by atoms with Crippen LogP contribution < -0.4 is 14.8 Å². The van der Waals surface area contributed by atoms with Crippen molar-refractivity contribution >= 4 is 17.2 Å². The first-order valence-electron chi connectivity index (χ1n) is 9.86. The van der Waals surface area contributed by atoms with Gasteiger partial charge < -0.3 is 19.7 Å². The Balaban J connectivity index is 1.48. The first-order valence-corrected chi connectivity index (χ1v) is 10.7. The van der Waals surface area contributed by atoms with Crippen molar-refractivity contribution in [2.45, 2.75) is 25.9 Å². The second-order valence-corrected chi connectivity index (χ2v) is 8.24. The Morgan fingerprint density at radius 1 is 1.18 bits per heavy atom. The Labute approximate surface area is 170 Å². The van der Waals surface area contributed by atoms with Gasteiger partial charge in [-0.3, -0.25) is 9.69 Å². The van der Waals surface area contributed by atoms with Gasteiger partial charge in [-0.15, -0.1) is 11.3 Å². The fourth-order valence-electron chi connectivity index (χ4n) is 3.97. The molecular formula is C21H27N3O3S. The minimum absolute atomic E-state index is 0.00949. The molecule has 6 nitrogen and oxygen atoms in total. The molecule has 0 spiro atoms. The SMILES string of the molecule is CCN1CCN([C@H](c2cccs2)[C@@H](C)NC(=O)c2ccc3c(c2)OCO3)CC1. The molecule has 150 valence electrons. The second kappa shape index (κ2) is 8.51. The monoisotopic (exact) mass is 401 g/mol. The van der Waals surface area contributed by atoms with Crippen molar-refractivity contribution < 1.29 is 14.3 Å². The van der Waals surface area contributed by atoms with Gasteiger partial charge in [-0.1, -0.05) is 13.0 Å². The predicted molar refractivity (Wildman–Crippen MR) is 110 cm³/mol. The normalized spacial score (nSPS) is 19.4. The van der Waals surface area contributed by atoms with Gasteiger partial charge in [0.15, 0.2) is 11.5 Å². The molecule has 1 saturated heterocycles. The number of nitrogens with one attached hydrogen (secondary N) is 1. The summed E-state index contributed by atoms with van der Waals surface area (Å²) in [6, 6.07) is 9.76. The average Bonchev–Trinajstić information content (AvgIpc) is 3.40. The van der Waals surface area contributed by atoms with E-state index in [4.69, 9.17) is 9.47 Å². The summed E-state index contributed by atoms with van der Waals surface area (Å²) in [7, 11) is 0. The summed E-state index contributed by atoms with van der Waals surface area (Å²) in [6.07, 6.45) is 0. The average molecular weight is 402 g/mol. The number of ether oxygens (including phenoxy) is 2. The summed E-state index contributed by atoms with van der Waals surface area (Å²) in [4.78, 5) is 19.1. The predicted octanol–water partition coefficient (Wildman–Crippen LogP) is 2.97. The lowest BCUT2D eigenvalue weighted by atomic mass is 10.0. The maximum absolute atomic E-state index is 12.9. The van der Waals surface area contributed by atoms with Crippen LogP contribution in [-0.2, 0) is 0 Å². The molecule has 0 radical (unpaired) electrons. The van der Waals surface area contributed by atoms with E-state index in [0.717, 1.165) is 32.7 Å². The number of carbonyl (C=O) groups is 1. The lowest BCUT2D eigenvalue weighted by Crippen LogP contribution is -2.52. The van der Waals surface area contributed by atoms with E-state index in [1.165, 1.54) is 4.88 Å². The van der Waals surface area contributed by atoms with E-state index in [1.807, 2.05) is 0 Å². The van der Waals surface area contributed by atoms with E-state index in [0.29, 0.717) is 17.1 Å². The maximum Gasteiger partial charge on any atom is 0.251 e. The van der Waals surface area contributed by atoms with E-state index in [2.05, 4.69) is 46.5 Å². The lowest BCUT2D eigenvalue weighted by Gasteiger charge is -2.41. The highest BCUT2D eigenvalue weighted by atomic mass is 32.1. The van der Waals surface area contributed by atoms with Crippen molar-refractivity contribution in [3.8, 4) is 11.5 Å². The third kappa shape index (κ3) is 4.01. The van der Waals surface area contributed by atoms with Crippen LogP contribution in [0.2, 0.25) is 0 Å². The Morgan fingerprint density at radius 3 is 2.68 bits per heavy atom. The third-order valence-electron chi connectivity index (χ3n) is 5.55. The molecule has 0 bridgehead atoms. The van der Waals surface area contributed by atoms with Crippen molar-refractivity contribution in [2.75, 3.05) is 39.5 Å². The van der Waals surface area contributed by atoms with E-state index in [-0.39, 0.29) is 24.8 Å². The van der Waals surface area contributed by atoms with Crippen LogP contribution in [0.4, 0.5) is 0 Å². The van der Waals surface area contributed by atoms with Gasteiger partial charge in [0.1, 0.15) is 0 Å². The summed E-state index contributed by atoms with van der Waals surface area (Å²) < 4.78 is 10.7. The highest BCUT2D eigenvalue weighted by molar-refractivity contribution is 7.10. The van der Waals surface area contributed by atoms with Gasteiger partial charge in [-0.2, -0.15) is 0 Å². The Kier molecular flexibility index (Phi) is 5.85. The van der Waals surface area contributed by atoms with Gasteiger partial charge in [0.2, 0.25) is 6.79 Å². The second-order valence-electron chi connectivity index (χ2n) is 7.26. The number of hydrogen-bond donors (Lipinski definition) is 1. The van der Waals surface area contributed by atoms with Crippen LogP contribution in [0.15, 0.2) is 35.7 Å². The Morgan fingerprint density at radius 2 is 1.96 bits per heavy atom. The molecule has 2 atom stereocenters. The van der Waals surface area contributed by atoms with Gasteiger partial charge in [0.05, 0.1) is 6.04 Å². The molecular weight excluding hydrogens is 374 g/mol. The van der Waals surface area contributed by atoms with E-state index < -0.39 is 0 Å². The highest BCUT2D eigenvalue weighted by Gasteiger charge is 2.31. The number of nitrogens with zero attached hydrogens (tertiary/aromatic N) is 2. The highest BCUT2D eigenvalue weighted by Crippen LogP contribution is 2.33. The molecule has 1 fully saturated rings. The molecule has 0 unspecified atom stereocenters. The largest absolute Gasteiger partial charge is 0.454 e. The van der Waals surface area contributed by atoms with Crippen molar-refractivity contribution in [3.05, 3.63) is 46.2 Å². The van der Waals surface area contributed by atoms with Gasteiger partial charge in [0.25, 0.3) is 5.91 Å². The van der Waals surface area contributed by atoms with Gasteiger partial charge >= 0.3 is 0 Å². The summed E-state index contributed by atoms with van der Waals surface area (Å²) in [5.74, 6) is 1.24. The molecule has 28 heavy (non-hydrogen) atoms. The molecule has 0 saturated carbocycles. The number of piperazine rings is 1. The van der Waals surface area contributed by atoms with Crippen molar-refractivity contribution in [2.24, 2.45) is 0 Å². The first kappa shape index (κ1) is 19.2. The molecule has 1 N–H and O–H groups in total. The minimum atomic E-state index is -0.0837. The van der Waals surface area contributed by atoms with Crippen LogP contribution in [-0.4, -0.2) is 61.3 Å². The van der Waals surface area contributed by atoms with Crippen LogP contribution >= 0.6 is 11.3 Å². The maximum atomic E-state index is 12.9. The smallest absolute Gasteiger partial charge is 0.251 e. The summed E-state index contributed by atoms with van der Waals surface area (Å²) in [5, 5.41) is 5.32. The summed E-state index contributed by atoms with van der Waals surface area (Å²) in [5.41, 5.74) is 0.594. The van der Waals surface area contributed by atoms with Gasteiger partial charge in [0, 0.05) is 42.7 Å². The number of likely N-dealkylation sites (N-methyl/N-ethyl adjacent to an activating group) is 1. The topological polar surface area (TPSA) is 54.0 Å². The Hall–Kier alpha value is -2.09. The van der Waals surface area contributed by atoms with Crippen LogP contribution in [0.3, 0.4) is 0 Å². The van der Waals surface area contributed by atoms with E-state index in [1.54, 1.807) is 29.5 Å². The molecule has 0 aliphatic carbocycles. The van der Waals surface area contributed by atoms with Crippen LogP contribution in [0.5, 0.6) is 11.5 Å². The standard InChI is InChI=1S/C21H27N3O3S/c1-3-23-8-10-24(11-9-23)20(19-5-4-12-28-19)15(2)22-21(25)16-6-7-17-18(13-16)27-14-26-17/h4-7,12-13,15,20H,3,8-11,14H2,1-2H3,(H,22,25)/t15-,20+/m1/s1. The number of hydrogen-bond acceptors (Lipinski definition) is 6. The fourth-order valence-corrected chi connectivity index (χ4v) is 4.93. The van der Waals surface area contributed by atoms with Gasteiger partial charge in [-0.25, -0.2) is 0 Å². The minimum Gasteiger partial charge on any atom is -0.454 e. The molecule has 2 aliphatic rings. The summed E-state index contributed by atoms with van der Waals surface area (Å²) >= 11 is 1.76. The summed E-state index contributed by atoms with van der Waals surface area (Å²) in [6.45, 7) is 9.78. The third-order valence-corrected chi connectivity index (χ3v) is 6.49. The van der Waals surface area contributed by atoms with Crippen molar-refractivity contribution in [1.82, 2.24) is 15.1 Å². The van der Waals surface area contributed by atoms with Crippen molar-refractivity contribution in [1.29, 1.82) is 0 Å². The van der Waals surface area contributed by atoms with E-state index >= 15 is 0 Å². The molecule has 2 aromatic rings. The van der Waals surface area contributed by atoms with Crippen LogP contribution in [0.25, 0.3) is 0 Å². The number of amides is 1. The van der Waals surface area contributed by atoms with E-state index in [9.17, 15) is 4.79 Å². The zero-order valence-electron chi connectivity index (χ0n) is 16.4. The van der Waals surface area contributed by atoms with Crippen LogP contribution in [0, 0.1) is 0 Å². The number of carbonyl (C=O) groups excluding carboxylic acids is 1. The molecule has 1 aromatic carbocycles. The molecule has 7 heteroatoms. The zero-order valence-corrected chi connectivity index (χ0v) is 17.2. The molecule has 4 rings (SSSR count). The van der Waals surface area contributed by atoms with Gasteiger partial charge in [-0.05, 0) is 43.1 Å². The zero-order chi connectivity index (χ0) is 19.5. The quantitative estimate of drug-likeness (QED) is 0.807. The fraction of sp³-hybridized carbons (Fsp3) is 0.476. The van der Waals surface area contributed by atoms with Crippen LogP contribution in [0.1, 0.15) is 35.1 Å². The molecule has 2 aliphatic heterocycles. The first-order chi connectivity index (χ1) is 13.7. The Bertz CT molecular complexity index is 803. The lowest BCUT2D eigenvalue weighted by molar-refractivity contribution is 0.0753. The molecule has 1 aromatic heterocycles. The number of thiophene rings is 1. The number of fused-ring (bicyclic) bond motifs is 1. The number of rotatable bonds is 6.